The summed E-state index contributed by atoms with van der Waals surface area (Å²) < 4.78 is 28.5. The fourth-order valence-corrected chi connectivity index (χ4v) is 5.45. The van der Waals surface area contributed by atoms with Gasteiger partial charge in [0.15, 0.2) is 4.87 Å². The van der Waals surface area contributed by atoms with E-state index in [4.69, 9.17) is 0 Å². The van der Waals surface area contributed by atoms with Crippen LogP contribution in [-0.4, -0.2) is 29.0 Å². The van der Waals surface area contributed by atoms with Gasteiger partial charge in [0, 0.05) is 29.8 Å². The zero-order valence-corrected chi connectivity index (χ0v) is 16.5. The van der Waals surface area contributed by atoms with Crippen molar-refractivity contribution >= 4 is 29.3 Å². The van der Waals surface area contributed by atoms with Gasteiger partial charge in [-0.2, -0.15) is 0 Å². The van der Waals surface area contributed by atoms with Crippen molar-refractivity contribution in [3.63, 3.8) is 0 Å². The summed E-state index contributed by atoms with van der Waals surface area (Å²) in [7, 11) is 0. The molecule has 0 radical (unpaired) electrons. The second-order valence-electron chi connectivity index (χ2n) is 7.00. The fraction of sp³-hybridized carbons (Fsp3) is 0.333. The Morgan fingerprint density at radius 2 is 1.93 bits per heavy atom. The van der Waals surface area contributed by atoms with Crippen LogP contribution in [0.4, 0.5) is 14.5 Å². The number of hydrogen-bond acceptors (Lipinski definition) is 3. The van der Waals surface area contributed by atoms with E-state index in [2.05, 4.69) is 0 Å². The van der Waals surface area contributed by atoms with Crippen LogP contribution >= 0.6 is 11.8 Å². The predicted molar refractivity (Wildman–Crippen MR) is 105 cm³/mol. The maximum atomic E-state index is 14.3. The highest BCUT2D eigenvalue weighted by molar-refractivity contribution is 8.01. The third-order valence-corrected chi connectivity index (χ3v) is 6.75. The maximum Gasteiger partial charge on any atom is 0.268 e. The van der Waals surface area contributed by atoms with Crippen LogP contribution in [0.15, 0.2) is 36.4 Å². The summed E-state index contributed by atoms with van der Waals surface area (Å²) in [5.41, 5.74) is 2.12. The van der Waals surface area contributed by atoms with Crippen molar-refractivity contribution in [2.24, 2.45) is 0 Å². The molecule has 1 atom stereocenters. The summed E-state index contributed by atoms with van der Waals surface area (Å²) >= 11 is 1.41. The van der Waals surface area contributed by atoms with Gasteiger partial charge in [0.1, 0.15) is 11.6 Å². The number of carbonyl (C=O) groups is 2. The lowest BCUT2D eigenvalue weighted by Gasteiger charge is -2.33. The fourth-order valence-electron chi connectivity index (χ4n) is 3.97. The molecule has 146 valence electrons. The van der Waals surface area contributed by atoms with Gasteiger partial charge in [-0.3, -0.25) is 9.59 Å². The molecule has 2 aliphatic rings. The summed E-state index contributed by atoms with van der Waals surface area (Å²) in [5.74, 6) is -1.18. The van der Waals surface area contributed by atoms with Crippen molar-refractivity contribution in [2.45, 2.75) is 31.7 Å². The van der Waals surface area contributed by atoms with E-state index in [0.717, 1.165) is 11.1 Å². The van der Waals surface area contributed by atoms with Gasteiger partial charge in [0.25, 0.3) is 5.91 Å². The van der Waals surface area contributed by atoms with E-state index in [1.807, 2.05) is 19.1 Å². The first kappa shape index (κ1) is 18.9. The zero-order chi connectivity index (χ0) is 20.1. The lowest BCUT2D eigenvalue weighted by atomic mass is 10.0. The van der Waals surface area contributed by atoms with Crippen molar-refractivity contribution in [1.82, 2.24) is 4.90 Å². The van der Waals surface area contributed by atoms with Crippen LogP contribution in [0.5, 0.6) is 0 Å². The second-order valence-corrected chi connectivity index (χ2v) is 8.29. The van der Waals surface area contributed by atoms with Crippen molar-refractivity contribution in [3.8, 4) is 0 Å². The van der Waals surface area contributed by atoms with Gasteiger partial charge in [0.2, 0.25) is 5.91 Å². The number of benzene rings is 2. The van der Waals surface area contributed by atoms with Crippen LogP contribution in [0, 0.1) is 18.6 Å². The Labute approximate surface area is 166 Å². The number of halogens is 2. The van der Waals surface area contributed by atoms with E-state index < -0.39 is 16.5 Å². The standard InChI is InChI=1S/C21H20F2N2O2S/c1-3-19(26)25-9-10-28-21(25)15-11-13(2)7-8-18(15)24(20(21)27)12-14-16(22)5-4-6-17(14)23/h4-8,11H,3,9-10,12H2,1-2H3. The molecular formula is C21H20F2N2O2S. The van der Waals surface area contributed by atoms with Gasteiger partial charge in [-0.05, 0) is 25.1 Å². The van der Waals surface area contributed by atoms with Gasteiger partial charge in [0.05, 0.1) is 12.2 Å². The largest absolute Gasteiger partial charge is 0.315 e. The monoisotopic (exact) mass is 402 g/mol. The minimum atomic E-state index is -1.16. The first-order valence-electron chi connectivity index (χ1n) is 9.20. The first-order valence-corrected chi connectivity index (χ1v) is 10.2. The molecule has 2 aromatic rings. The number of rotatable bonds is 3. The number of nitrogens with zero attached hydrogens (tertiary/aromatic N) is 2. The Morgan fingerprint density at radius 1 is 1.21 bits per heavy atom. The molecule has 0 aliphatic carbocycles. The van der Waals surface area contributed by atoms with Crippen LogP contribution in [0.2, 0.25) is 0 Å². The Hall–Kier alpha value is -2.41. The first-order chi connectivity index (χ1) is 13.4. The van der Waals surface area contributed by atoms with Crippen LogP contribution in [0.3, 0.4) is 0 Å². The van der Waals surface area contributed by atoms with E-state index in [1.165, 1.54) is 34.9 Å². The predicted octanol–water partition coefficient (Wildman–Crippen LogP) is 3.96. The molecule has 2 amide bonds. The van der Waals surface area contributed by atoms with E-state index >= 15 is 0 Å². The summed E-state index contributed by atoms with van der Waals surface area (Å²) in [4.78, 5) is 28.1. The van der Waals surface area contributed by atoms with E-state index in [1.54, 1.807) is 17.9 Å². The number of anilines is 1. The van der Waals surface area contributed by atoms with Crippen molar-refractivity contribution in [2.75, 3.05) is 17.2 Å². The normalized spacial score (nSPS) is 20.9. The minimum Gasteiger partial charge on any atom is -0.315 e. The van der Waals surface area contributed by atoms with Gasteiger partial charge < -0.3 is 9.80 Å². The number of amides is 2. The van der Waals surface area contributed by atoms with Crippen molar-refractivity contribution < 1.29 is 18.4 Å². The van der Waals surface area contributed by atoms with Gasteiger partial charge in [-0.15, -0.1) is 11.8 Å². The summed E-state index contributed by atoms with van der Waals surface area (Å²) in [6.45, 7) is 3.94. The number of fused-ring (bicyclic) bond motifs is 2. The highest BCUT2D eigenvalue weighted by Gasteiger charge is 2.59. The topological polar surface area (TPSA) is 40.6 Å². The molecule has 4 rings (SSSR count). The van der Waals surface area contributed by atoms with Crippen molar-refractivity contribution in [3.05, 3.63) is 64.7 Å². The third kappa shape index (κ3) is 2.64. The zero-order valence-electron chi connectivity index (χ0n) is 15.7. The molecule has 1 fully saturated rings. The summed E-state index contributed by atoms with van der Waals surface area (Å²) in [6.07, 6.45) is 0.290. The number of aryl methyl sites for hydroxylation is 1. The molecule has 2 aliphatic heterocycles. The molecule has 1 unspecified atom stereocenters. The maximum absolute atomic E-state index is 14.3. The minimum absolute atomic E-state index is 0.107. The molecule has 2 heterocycles. The number of carbonyl (C=O) groups excluding carboxylic acids is 2. The van der Waals surface area contributed by atoms with Gasteiger partial charge in [-0.1, -0.05) is 30.7 Å². The third-order valence-electron chi connectivity index (χ3n) is 5.33. The molecule has 28 heavy (non-hydrogen) atoms. The average molecular weight is 402 g/mol. The SMILES string of the molecule is CCC(=O)N1CCSC12C(=O)N(Cc1c(F)cccc1F)c1ccc(C)cc12. The smallest absolute Gasteiger partial charge is 0.268 e. The molecule has 0 saturated carbocycles. The molecule has 1 spiro atoms. The quantitative estimate of drug-likeness (QED) is 0.780. The Balaban J connectivity index is 1.85. The van der Waals surface area contributed by atoms with Crippen LogP contribution in [-0.2, 0) is 21.0 Å². The molecule has 0 aromatic heterocycles. The molecule has 1 saturated heterocycles. The lowest BCUT2D eigenvalue weighted by molar-refractivity contribution is -0.139. The second kappa shape index (κ2) is 6.88. The molecular weight excluding hydrogens is 382 g/mol. The van der Waals surface area contributed by atoms with E-state index in [0.29, 0.717) is 24.4 Å². The Morgan fingerprint density at radius 3 is 2.61 bits per heavy atom. The average Bonchev–Trinajstić information content (AvgIpc) is 3.21. The Kier molecular flexibility index (Phi) is 4.65. The Bertz CT molecular complexity index is 961. The van der Waals surface area contributed by atoms with Gasteiger partial charge >= 0.3 is 0 Å². The van der Waals surface area contributed by atoms with E-state index in [-0.39, 0.29) is 23.9 Å². The molecule has 4 nitrogen and oxygen atoms in total. The van der Waals surface area contributed by atoms with Crippen LogP contribution < -0.4 is 4.90 Å². The lowest BCUT2D eigenvalue weighted by Crippen LogP contribution is -2.50. The molecule has 0 bridgehead atoms. The summed E-state index contributed by atoms with van der Waals surface area (Å²) in [6, 6.07) is 9.22. The molecule has 2 aromatic carbocycles. The number of hydrogen-bond donors (Lipinski definition) is 0. The van der Waals surface area contributed by atoms with Gasteiger partial charge in [-0.25, -0.2) is 8.78 Å². The highest BCUT2D eigenvalue weighted by Crippen LogP contribution is 2.54. The summed E-state index contributed by atoms with van der Waals surface area (Å²) in [5, 5.41) is 0. The van der Waals surface area contributed by atoms with Crippen LogP contribution in [0.1, 0.15) is 30.0 Å². The number of thioether (sulfide) groups is 1. The van der Waals surface area contributed by atoms with E-state index in [9.17, 15) is 18.4 Å². The van der Waals surface area contributed by atoms with Crippen LogP contribution in [0.25, 0.3) is 0 Å². The molecule has 0 N–H and O–H groups in total. The molecule has 7 heteroatoms. The van der Waals surface area contributed by atoms with Crippen molar-refractivity contribution in [1.29, 1.82) is 0 Å². The highest BCUT2D eigenvalue weighted by atomic mass is 32.2.